The van der Waals surface area contributed by atoms with E-state index in [1.54, 1.807) is 12.4 Å². The Balaban J connectivity index is 1.13. The van der Waals surface area contributed by atoms with Gasteiger partial charge in [-0.05, 0) is 104 Å². The molecule has 66 heavy (non-hydrogen) atoms. The third-order valence-electron chi connectivity index (χ3n) is 11.9. The van der Waals surface area contributed by atoms with Crippen LogP contribution < -0.4 is 20.1 Å². The van der Waals surface area contributed by atoms with Gasteiger partial charge in [-0.2, -0.15) is 0 Å². The Morgan fingerprint density at radius 3 is 1.05 bits per heavy atom. The number of fused-ring (bicyclic) bond motifs is 8. The smallest absolute Gasteiger partial charge is 0.130 e. The van der Waals surface area contributed by atoms with Gasteiger partial charge in [0.05, 0.1) is 11.4 Å². The van der Waals surface area contributed by atoms with Gasteiger partial charge in [0.2, 0.25) is 0 Å². The van der Waals surface area contributed by atoms with E-state index in [0.29, 0.717) is 50.3 Å². The number of phenols is 2. The molecule has 10 heteroatoms. The van der Waals surface area contributed by atoms with Gasteiger partial charge in [-0.1, -0.05) is 84.9 Å². The van der Waals surface area contributed by atoms with Gasteiger partial charge >= 0.3 is 0 Å². The zero-order valence-corrected chi connectivity index (χ0v) is 37.0. The third-order valence-corrected chi connectivity index (χ3v) is 11.9. The lowest BCUT2D eigenvalue weighted by atomic mass is 9.89. The van der Waals surface area contributed by atoms with E-state index in [2.05, 4.69) is 79.1 Å². The Morgan fingerprint density at radius 2 is 0.727 bits per heavy atom. The third kappa shape index (κ3) is 11.3. The van der Waals surface area contributed by atoms with Gasteiger partial charge in [0.15, 0.2) is 0 Å². The largest absolute Gasteiger partial charge is 0.507 e. The van der Waals surface area contributed by atoms with E-state index in [-0.39, 0.29) is 24.7 Å². The van der Waals surface area contributed by atoms with E-state index in [1.807, 2.05) is 97.3 Å². The van der Waals surface area contributed by atoms with E-state index in [9.17, 15) is 10.2 Å². The summed E-state index contributed by atoms with van der Waals surface area (Å²) in [4.78, 5) is 18.1. The molecule has 8 aromatic rings. The first-order valence-electron chi connectivity index (χ1n) is 22.7. The highest BCUT2D eigenvalue weighted by molar-refractivity contribution is 5.57. The van der Waals surface area contributed by atoms with Crippen LogP contribution in [0.15, 0.2) is 158 Å². The lowest BCUT2D eigenvalue weighted by molar-refractivity contribution is 0.295. The normalized spacial score (nSPS) is 12.1. The monoisotopic (exact) mass is 874 g/mol. The highest BCUT2D eigenvalue weighted by atomic mass is 16.5. The summed E-state index contributed by atoms with van der Waals surface area (Å²) in [5.41, 5.74) is 12.6. The van der Waals surface area contributed by atoms with Gasteiger partial charge in [-0.25, -0.2) is 0 Å². The Morgan fingerprint density at radius 1 is 0.394 bits per heavy atom. The van der Waals surface area contributed by atoms with E-state index < -0.39 is 0 Å². The Kier molecular flexibility index (Phi) is 14.3. The summed E-state index contributed by atoms with van der Waals surface area (Å²) in [5.74, 6) is 1.91. The Bertz CT molecular complexity index is 2560. The van der Waals surface area contributed by atoms with Crippen molar-refractivity contribution in [2.45, 2.75) is 64.8 Å². The minimum atomic E-state index is 0.240. The van der Waals surface area contributed by atoms with Crippen molar-refractivity contribution in [2.24, 2.45) is 0 Å². The van der Waals surface area contributed by atoms with Crippen LogP contribution in [0.5, 0.6) is 23.0 Å². The van der Waals surface area contributed by atoms with Crippen LogP contribution >= 0.6 is 0 Å². The van der Waals surface area contributed by atoms with Gasteiger partial charge < -0.3 is 30.3 Å². The van der Waals surface area contributed by atoms with Gasteiger partial charge in [0.25, 0.3) is 0 Å². The van der Waals surface area contributed by atoms with E-state index >= 15 is 0 Å². The number of para-hydroxylation sites is 2. The van der Waals surface area contributed by atoms with E-state index in [0.717, 1.165) is 104 Å². The molecule has 4 N–H and O–H groups in total. The fourth-order valence-corrected chi connectivity index (χ4v) is 8.68. The maximum atomic E-state index is 12.3. The lowest BCUT2D eigenvalue weighted by Gasteiger charge is -2.22. The first-order chi connectivity index (χ1) is 32.5. The Hall–Kier alpha value is -7.40. The van der Waals surface area contributed by atoms with Crippen LogP contribution in [0.25, 0.3) is 0 Å². The molecule has 0 amide bonds. The molecule has 4 heterocycles. The number of rotatable bonds is 16. The highest BCUT2D eigenvalue weighted by Crippen LogP contribution is 2.39. The number of ether oxygens (including phenoxy) is 2. The number of benzene rings is 4. The molecule has 0 atom stereocenters. The van der Waals surface area contributed by atoms with Crippen molar-refractivity contribution in [3.8, 4) is 23.0 Å². The van der Waals surface area contributed by atoms with Crippen LogP contribution in [-0.2, 0) is 64.8 Å². The number of phenolic OH excluding ortho intramolecular Hbond substituents is 2. The summed E-state index contributed by atoms with van der Waals surface area (Å²) >= 11 is 0. The molecule has 0 radical (unpaired) electrons. The maximum Gasteiger partial charge on any atom is 0.130 e. The molecule has 9 rings (SSSR count). The molecule has 1 aliphatic carbocycles. The molecule has 0 saturated heterocycles. The van der Waals surface area contributed by atoms with Gasteiger partial charge in [-0.15, -0.1) is 0 Å². The first kappa shape index (κ1) is 43.8. The summed E-state index contributed by atoms with van der Waals surface area (Å²) < 4.78 is 13.5. The van der Waals surface area contributed by atoms with Crippen molar-refractivity contribution in [1.82, 2.24) is 30.6 Å². The van der Waals surface area contributed by atoms with Crippen molar-refractivity contribution in [1.29, 1.82) is 0 Å². The second kappa shape index (κ2) is 21.5. The molecule has 8 bridgehead atoms. The van der Waals surface area contributed by atoms with Crippen molar-refractivity contribution in [3.63, 3.8) is 0 Å². The lowest BCUT2D eigenvalue weighted by Crippen LogP contribution is -2.17. The average molecular weight is 875 g/mol. The number of hydrogen-bond donors (Lipinski definition) is 4. The van der Waals surface area contributed by atoms with Crippen molar-refractivity contribution in [3.05, 3.63) is 237 Å². The summed E-state index contributed by atoms with van der Waals surface area (Å²) in [5, 5.41) is 31.9. The van der Waals surface area contributed by atoms with Crippen molar-refractivity contribution < 1.29 is 19.7 Å². The van der Waals surface area contributed by atoms with Crippen LogP contribution in [0.3, 0.4) is 0 Å². The average Bonchev–Trinajstić information content (AvgIpc) is 3.35. The molecule has 4 aromatic heterocycles. The molecule has 0 aliphatic heterocycles. The van der Waals surface area contributed by atoms with Crippen LogP contribution in [0, 0.1) is 0 Å². The Labute approximate surface area is 386 Å². The molecule has 1 aliphatic rings. The minimum Gasteiger partial charge on any atom is -0.507 e. The van der Waals surface area contributed by atoms with Gasteiger partial charge in [0.1, 0.15) is 36.2 Å². The summed E-state index contributed by atoms with van der Waals surface area (Å²) in [7, 11) is 0. The fraction of sp³-hybridized carbons (Fsp3) is 0.214. The molecule has 4 aromatic carbocycles. The quantitative estimate of drug-likeness (QED) is 0.0697. The summed E-state index contributed by atoms with van der Waals surface area (Å²) in [6.45, 7) is 3.23. The molecule has 332 valence electrons. The van der Waals surface area contributed by atoms with Gasteiger partial charge in [0, 0.05) is 101 Å². The van der Waals surface area contributed by atoms with Crippen LogP contribution in [0.2, 0.25) is 0 Å². The molecule has 0 fully saturated rings. The molecule has 10 nitrogen and oxygen atoms in total. The summed E-state index contributed by atoms with van der Waals surface area (Å²) in [6, 6.07) is 44.3. The molecular formula is C56H54N6O4. The zero-order valence-electron chi connectivity index (χ0n) is 37.0. The predicted octanol–water partition coefficient (Wildman–Crippen LogP) is 9.18. The standard InChI is InChI=1S/C56H54N6O4/c63-53-45-27-39(35-57-25-19-49-15-1-5-21-59-49)28-46(53)32-42-12-10-14-44(56(42)66-38-52-18-4-8-24-62-52)34-48-30-40(36-58-26-20-50-16-2-6-22-60-50)29-47(54(48)64)33-43-13-9-11-41(31-45)55(43)65-37-51-17-3-7-23-61-51/h1-18,21-24,27-30,57-58,63-64H,19-20,25-26,31-38H2. The minimum absolute atomic E-state index is 0.240. The van der Waals surface area contributed by atoms with Crippen molar-refractivity contribution >= 4 is 0 Å². The first-order valence-corrected chi connectivity index (χ1v) is 22.7. The number of pyridine rings is 4. The topological polar surface area (TPSA) is 135 Å². The van der Waals surface area contributed by atoms with Crippen LogP contribution in [-0.4, -0.2) is 43.2 Å². The number of aromatic hydroxyl groups is 2. The second-order valence-corrected chi connectivity index (χ2v) is 16.8. The second-order valence-electron chi connectivity index (χ2n) is 16.8. The highest BCUT2D eigenvalue weighted by Gasteiger charge is 2.22. The van der Waals surface area contributed by atoms with E-state index in [1.165, 1.54) is 0 Å². The SMILES string of the molecule is Oc1c2cc(CNCCc3ccccn3)cc1Cc1cccc(c1OCc1ccccn1)Cc1cc(CNCCc3ccccn3)cc(c1O)Cc1cccc(c1OCc1ccccn1)C2. The number of nitrogens with zero attached hydrogens (tertiary/aromatic N) is 4. The predicted molar refractivity (Wildman–Crippen MR) is 257 cm³/mol. The fourth-order valence-electron chi connectivity index (χ4n) is 8.68. The van der Waals surface area contributed by atoms with Gasteiger partial charge in [-0.3, -0.25) is 19.9 Å². The molecule has 0 unspecified atom stereocenters. The number of nitrogens with one attached hydrogen (secondary N) is 2. The summed E-state index contributed by atoms with van der Waals surface area (Å²) in [6.07, 6.45) is 10.4. The maximum absolute atomic E-state index is 12.3. The molecule has 0 saturated carbocycles. The zero-order chi connectivity index (χ0) is 44.9. The van der Waals surface area contributed by atoms with Crippen LogP contribution in [0.1, 0.15) is 78.4 Å². The molecular weight excluding hydrogens is 821 g/mol. The van der Waals surface area contributed by atoms with E-state index in [4.69, 9.17) is 9.47 Å². The number of hydrogen-bond acceptors (Lipinski definition) is 10. The van der Waals surface area contributed by atoms with Crippen LogP contribution in [0.4, 0.5) is 0 Å². The van der Waals surface area contributed by atoms with Crippen molar-refractivity contribution in [2.75, 3.05) is 13.1 Å². The molecule has 0 spiro atoms. The number of aromatic nitrogens is 4.